The number of likely N-dealkylation sites (N-methyl/N-ethyl adjacent to an activating group) is 1. The van der Waals surface area contributed by atoms with Crippen LogP contribution in [0.5, 0.6) is 11.5 Å². The van der Waals surface area contributed by atoms with Gasteiger partial charge >= 0.3 is 6.36 Å². The zero-order valence-electron chi connectivity index (χ0n) is 10.1. The molecule has 0 unspecified atom stereocenters. The van der Waals surface area contributed by atoms with Gasteiger partial charge in [0.15, 0.2) is 6.61 Å². The van der Waals surface area contributed by atoms with Crippen molar-refractivity contribution in [2.24, 2.45) is 0 Å². The zero-order valence-corrected chi connectivity index (χ0v) is 11.7. The highest BCUT2D eigenvalue weighted by atomic mass is 79.9. The summed E-state index contributed by atoms with van der Waals surface area (Å²) in [5.41, 5.74) is 0. The van der Waals surface area contributed by atoms with E-state index in [1.807, 2.05) is 0 Å². The minimum Gasteiger partial charge on any atom is -0.482 e. The largest absolute Gasteiger partial charge is 0.573 e. The van der Waals surface area contributed by atoms with Gasteiger partial charge in [0.1, 0.15) is 11.5 Å². The maximum absolute atomic E-state index is 12.1. The van der Waals surface area contributed by atoms with Crippen molar-refractivity contribution in [1.29, 1.82) is 0 Å². The third kappa shape index (κ3) is 5.37. The highest BCUT2D eigenvalue weighted by Gasteiger charge is 2.31. The number of amides is 1. The summed E-state index contributed by atoms with van der Waals surface area (Å²) in [4.78, 5) is 12.6. The molecule has 0 aliphatic heterocycles. The Morgan fingerprint density at radius 3 is 2.53 bits per heavy atom. The molecule has 1 rings (SSSR count). The third-order valence-corrected chi connectivity index (χ3v) is 2.64. The monoisotopic (exact) mass is 341 g/mol. The number of rotatable bonds is 4. The fourth-order valence-corrected chi connectivity index (χ4v) is 1.42. The number of carbonyl (C=O) groups is 1. The number of halogens is 4. The first kappa shape index (κ1) is 15.6. The summed E-state index contributed by atoms with van der Waals surface area (Å²) in [6.07, 6.45) is -4.77. The van der Waals surface area contributed by atoms with Gasteiger partial charge < -0.3 is 14.4 Å². The van der Waals surface area contributed by atoms with Gasteiger partial charge in [-0.1, -0.05) is 0 Å². The van der Waals surface area contributed by atoms with Crippen LogP contribution in [0.1, 0.15) is 0 Å². The number of alkyl halides is 3. The summed E-state index contributed by atoms with van der Waals surface area (Å²) in [7, 11) is 3.09. The molecule has 4 nitrogen and oxygen atoms in total. The first-order valence-corrected chi connectivity index (χ1v) is 5.86. The van der Waals surface area contributed by atoms with E-state index in [0.717, 1.165) is 12.1 Å². The van der Waals surface area contributed by atoms with Gasteiger partial charge in [-0.25, -0.2) is 0 Å². The fraction of sp³-hybridized carbons (Fsp3) is 0.364. The van der Waals surface area contributed by atoms with Crippen LogP contribution in [0.25, 0.3) is 0 Å². The van der Waals surface area contributed by atoms with Gasteiger partial charge in [0.2, 0.25) is 0 Å². The summed E-state index contributed by atoms with van der Waals surface area (Å²) in [5, 5.41) is 0. The van der Waals surface area contributed by atoms with Crippen LogP contribution in [0, 0.1) is 0 Å². The lowest BCUT2D eigenvalue weighted by atomic mass is 10.3. The smallest absolute Gasteiger partial charge is 0.482 e. The van der Waals surface area contributed by atoms with Crippen molar-refractivity contribution in [3.8, 4) is 11.5 Å². The van der Waals surface area contributed by atoms with Gasteiger partial charge in [-0.3, -0.25) is 4.79 Å². The Morgan fingerprint density at radius 2 is 2.00 bits per heavy atom. The normalized spacial score (nSPS) is 11.1. The lowest BCUT2D eigenvalue weighted by Crippen LogP contribution is -2.27. The van der Waals surface area contributed by atoms with Crippen LogP contribution in [0.2, 0.25) is 0 Å². The first-order chi connectivity index (χ1) is 8.69. The van der Waals surface area contributed by atoms with E-state index in [2.05, 4.69) is 20.7 Å². The zero-order chi connectivity index (χ0) is 14.6. The van der Waals surface area contributed by atoms with Crippen molar-refractivity contribution in [1.82, 2.24) is 4.90 Å². The molecule has 0 aliphatic rings. The molecule has 0 bridgehead atoms. The molecule has 0 saturated carbocycles. The van der Waals surface area contributed by atoms with E-state index in [0.29, 0.717) is 4.47 Å². The van der Waals surface area contributed by atoms with Gasteiger partial charge in [0, 0.05) is 20.2 Å². The van der Waals surface area contributed by atoms with Crippen LogP contribution in [-0.4, -0.2) is 37.9 Å². The van der Waals surface area contributed by atoms with Crippen LogP contribution in [0.4, 0.5) is 13.2 Å². The predicted molar refractivity (Wildman–Crippen MR) is 65.0 cm³/mol. The number of hydrogen-bond acceptors (Lipinski definition) is 3. The van der Waals surface area contributed by atoms with E-state index in [4.69, 9.17) is 4.74 Å². The Morgan fingerprint density at radius 1 is 1.37 bits per heavy atom. The number of hydrogen-bond donors (Lipinski definition) is 0. The van der Waals surface area contributed by atoms with Gasteiger partial charge in [-0.15, -0.1) is 13.2 Å². The van der Waals surface area contributed by atoms with Crippen molar-refractivity contribution in [2.45, 2.75) is 6.36 Å². The summed E-state index contributed by atoms with van der Waals surface area (Å²) in [6, 6.07) is 3.54. The second kappa shape index (κ2) is 6.14. The Kier molecular flexibility index (Phi) is 5.04. The molecule has 19 heavy (non-hydrogen) atoms. The van der Waals surface area contributed by atoms with E-state index in [1.165, 1.54) is 11.0 Å². The second-order valence-electron chi connectivity index (χ2n) is 3.72. The Bertz CT molecular complexity index is 463. The van der Waals surface area contributed by atoms with Gasteiger partial charge in [0.05, 0.1) is 4.47 Å². The molecule has 0 N–H and O–H groups in total. The molecule has 1 aromatic rings. The number of nitrogens with zero attached hydrogens (tertiary/aromatic N) is 1. The van der Waals surface area contributed by atoms with Crippen LogP contribution >= 0.6 is 15.9 Å². The molecule has 0 spiro atoms. The van der Waals surface area contributed by atoms with Gasteiger partial charge in [-0.05, 0) is 28.1 Å². The van der Waals surface area contributed by atoms with Crippen molar-refractivity contribution >= 4 is 21.8 Å². The maximum atomic E-state index is 12.1. The molecule has 0 fully saturated rings. The number of benzene rings is 1. The predicted octanol–water partition coefficient (Wildman–Crippen LogP) is 2.81. The Hall–Kier alpha value is -1.44. The van der Waals surface area contributed by atoms with Crippen molar-refractivity contribution in [2.75, 3.05) is 20.7 Å². The molecule has 1 amide bonds. The number of ether oxygens (including phenoxy) is 2. The maximum Gasteiger partial charge on any atom is 0.573 e. The highest BCUT2D eigenvalue weighted by Crippen LogP contribution is 2.32. The van der Waals surface area contributed by atoms with Gasteiger partial charge in [-0.2, -0.15) is 0 Å². The average Bonchev–Trinajstić information content (AvgIpc) is 2.27. The first-order valence-electron chi connectivity index (χ1n) is 5.07. The Balaban J connectivity index is 2.77. The van der Waals surface area contributed by atoms with Crippen molar-refractivity contribution in [3.63, 3.8) is 0 Å². The van der Waals surface area contributed by atoms with Crippen LogP contribution < -0.4 is 9.47 Å². The number of carbonyl (C=O) groups excluding carboxylic acids is 1. The third-order valence-electron chi connectivity index (χ3n) is 1.99. The van der Waals surface area contributed by atoms with E-state index in [9.17, 15) is 18.0 Å². The fourth-order valence-electron chi connectivity index (χ4n) is 1.06. The van der Waals surface area contributed by atoms with Crippen LogP contribution in [-0.2, 0) is 4.79 Å². The molecule has 8 heteroatoms. The van der Waals surface area contributed by atoms with Crippen molar-refractivity contribution < 1.29 is 27.4 Å². The van der Waals surface area contributed by atoms with E-state index in [1.54, 1.807) is 14.1 Å². The molecule has 0 aromatic heterocycles. The average molecular weight is 342 g/mol. The summed E-state index contributed by atoms with van der Waals surface area (Å²) in [6.45, 7) is -0.277. The van der Waals surface area contributed by atoms with Gasteiger partial charge in [0.25, 0.3) is 5.91 Å². The minimum atomic E-state index is -4.77. The second-order valence-corrected chi connectivity index (χ2v) is 4.57. The molecular formula is C11H11BrF3NO3. The highest BCUT2D eigenvalue weighted by molar-refractivity contribution is 9.10. The van der Waals surface area contributed by atoms with E-state index < -0.39 is 12.1 Å². The lowest BCUT2D eigenvalue weighted by Gasteiger charge is -2.14. The molecule has 0 saturated heterocycles. The lowest BCUT2D eigenvalue weighted by molar-refractivity contribution is -0.274. The minimum absolute atomic E-state index is 0.0944. The molecule has 0 atom stereocenters. The van der Waals surface area contributed by atoms with Crippen molar-refractivity contribution in [3.05, 3.63) is 22.7 Å². The molecule has 0 heterocycles. The van der Waals surface area contributed by atoms with E-state index >= 15 is 0 Å². The molecule has 0 aliphatic carbocycles. The molecule has 1 aromatic carbocycles. The van der Waals surface area contributed by atoms with Crippen LogP contribution in [0.15, 0.2) is 22.7 Å². The summed E-state index contributed by atoms with van der Waals surface area (Å²) >= 11 is 3.11. The summed E-state index contributed by atoms with van der Waals surface area (Å²) < 4.78 is 45.5. The quantitative estimate of drug-likeness (QED) is 0.845. The molecule has 106 valence electrons. The molecular weight excluding hydrogens is 331 g/mol. The Labute approximate surface area is 116 Å². The van der Waals surface area contributed by atoms with Crippen LogP contribution in [0.3, 0.4) is 0 Å². The van der Waals surface area contributed by atoms with E-state index in [-0.39, 0.29) is 18.3 Å². The molecule has 0 radical (unpaired) electrons. The standard InChI is InChI=1S/C11H11BrF3NO3/c1-16(2)10(17)6-18-9-5-7(3-4-8(9)12)19-11(13,14)15/h3-5H,6H2,1-2H3. The SMILES string of the molecule is CN(C)C(=O)COc1cc(OC(F)(F)F)ccc1Br. The topological polar surface area (TPSA) is 38.8 Å². The summed E-state index contributed by atoms with van der Waals surface area (Å²) in [5.74, 6) is -0.631.